The fourth-order valence-electron chi connectivity index (χ4n) is 3.48. The zero-order chi connectivity index (χ0) is 25.9. The Morgan fingerprint density at radius 3 is 2.28 bits per heavy atom. The molecule has 1 aliphatic rings. The fourth-order valence-corrected chi connectivity index (χ4v) is 5.40. The van der Waals surface area contributed by atoms with Crippen molar-refractivity contribution >= 4 is 50.5 Å². The van der Waals surface area contributed by atoms with Gasteiger partial charge < -0.3 is 9.47 Å². The van der Waals surface area contributed by atoms with Gasteiger partial charge in [0.25, 0.3) is 15.9 Å². The highest BCUT2D eigenvalue weighted by Crippen LogP contribution is 2.31. The van der Waals surface area contributed by atoms with E-state index in [1.54, 1.807) is 37.3 Å². The zero-order valence-electron chi connectivity index (χ0n) is 19.5. The van der Waals surface area contributed by atoms with Crippen LogP contribution in [0.3, 0.4) is 0 Å². The third-order valence-electron chi connectivity index (χ3n) is 5.34. The van der Waals surface area contributed by atoms with Gasteiger partial charge in [-0.3, -0.25) is 9.10 Å². The van der Waals surface area contributed by atoms with Crippen LogP contribution in [0.2, 0.25) is 10.0 Å². The van der Waals surface area contributed by atoms with Gasteiger partial charge in [-0.25, -0.2) is 13.8 Å². The summed E-state index contributed by atoms with van der Waals surface area (Å²) in [7, 11) is -4.12. The summed E-state index contributed by atoms with van der Waals surface area (Å²) in [5.41, 5.74) is 4.69. The molecule has 0 saturated carbocycles. The number of amides is 1. The van der Waals surface area contributed by atoms with Crippen LogP contribution in [0, 0.1) is 6.92 Å². The molecule has 0 spiro atoms. The van der Waals surface area contributed by atoms with E-state index in [9.17, 15) is 13.2 Å². The van der Waals surface area contributed by atoms with Gasteiger partial charge in [-0.15, -0.1) is 0 Å². The van der Waals surface area contributed by atoms with Gasteiger partial charge in [0.15, 0.2) is 11.5 Å². The average Bonchev–Trinajstić information content (AvgIpc) is 2.85. The van der Waals surface area contributed by atoms with Crippen LogP contribution in [-0.4, -0.2) is 39.8 Å². The number of halogens is 2. The smallest absolute Gasteiger partial charge is 0.264 e. The van der Waals surface area contributed by atoms with Crippen molar-refractivity contribution in [1.29, 1.82) is 0 Å². The first-order valence-electron chi connectivity index (χ1n) is 10.9. The average molecular weight is 548 g/mol. The van der Waals surface area contributed by atoms with E-state index >= 15 is 0 Å². The molecular formula is C25H23Cl2N3O5S. The van der Waals surface area contributed by atoms with Crippen molar-refractivity contribution in [2.24, 2.45) is 5.10 Å². The molecule has 11 heteroatoms. The van der Waals surface area contributed by atoms with Gasteiger partial charge in [-0.2, -0.15) is 5.10 Å². The van der Waals surface area contributed by atoms with Crippen molar-refractivity contribution in [2.45, 2.75) is 18.7 Å². The molecule has 1 heterocycles. The maximum Gasteiger partial charge on any atom is 0.264 e. The summed E-state index contributed by atoms with van der Waals surface area (Å²) in [5, 5.41) is 4.60. The Morgan fingerprint density at radius 1 is 0.972 bits per heavy atom. The molecule has 4 rings (SSSR count). The number of aryl methyl sites for hydroxylation is 1. The number of nitrogens with one attached hydrogen (secondary N) is 1. The highest BCUT2D eigenvalue weighted by molar-refractivity contribution is 7.92. The molecule has 8 nitrogen and oxygen atoms in total. The van der Waals surface area contributed by atoms with E-state index in [4.69, 9.17) is 32.7 Å². The van der Waals surface area contributed by atoms with Gasteiger partial charge in [0.2, 0.25) is 0 Å². The predicted molar refractivity (Wildman–Crippen MR) is 140 cm³/mol. The van der Waals surface area contributed by atoms with E-state index in [2.05, 4.69) is 10.5 Å². The molecule has 3 aromatic carbocycles. The Hall–Kier alpha value is -3.27. The lowest BCUT2D eigenvalue weighted by Crippen LogP contribution is -2.39. The van der Waals surface area contributed by atoms with E-state index in [0.717, 1.165) is 9.87 Å². The molecule has 0 bridgehead atoms. The minimum Gasteiger partial charge on any atom is -0.486 e. The van der Waals surface area contributed by atoms with Crippen LogP contribution in [-0.2, 0) is 14.8 Å². The lowest BCUT2D eigenvalue weighted by Gasteiger charge is -2.24. The van der Waals surface area contributed by atoms with Crippen LogP contribution < -0.4 is 19.2 Å². The maximum atomic E-state index is 13.5. The minimum atomic E-state index is -4.12. The number of hydrogen-bond donors (Lipinski definition) is 1. The standard InChI is InChI=1S/C25H23Cl2N3O5S/c1-16-3-6-22(7-4-16)36(32,33)30(21-13-19(26)12-20(27)14-21)15-25(31)29-28-17(2)18-5-8-23-24(11-18)35-10-9-34-23/h3-8,11-14H,9-10,15H2,1-2H3,(H,29,31)/b28-17-. The second kappa shape index (κ2) is 10.8. The third kappa shape index (κ3) is 5.92. The molecule has 1 amide bonds. The first kappa shape index (κ1) is 25.8. The third-order valence-corrected chi connectivity index (χ3v) is 7.56. The molecular weight excluding hydrogens is 525 g/mol. The molecule has 0 aromatic heterocycles. The molecule has 3 aromatic rings. The largest absolute Gasteiger partial charge is 0.486 e. The molecule has 0 fully saturated rings. The monoisotopic (exact) mass is 547 g/mol. The van der Waals surface area contributed by atoms with Crippen LogP contribution in [0.4, 0.5) is 5.69 Å². The van der Waals surface area contributed by atoms with Gasteiger partial charge in [0.1, 0.15) is 19.8 Å². The van der Waals surface area contributed by atoms with Crippen LogP contribution >= 0.6 is 23.2 Å². The molecule has 0 radical (unpaired) electrons. The van der Waals surface area contributed by atoms with Crippen LogP contribution in [0.1, 0.15) is 18.1 Å². The topological polar surface area (TPSA) is 97.3 Å². The second-order valence-electron chi connectivity index (χ2n) is 8.04. The van der Waals surface area contributed by atoms with Gasteiger partial charge in [-0.1, -0.05) is 40.9 Å². The highest BCUT2D eigenvalue weighted by Gasteiger charge is 2.28. The summed E-state index contributed by atoms with van der Waals surface area (Å²) in [6.07, 6.45) is 0. The SMILES string of the molecule is C/C(=N/NC(=O)CN(c1cc(Cl)cc(Cl)c1)S(=O)(=O)c1ccc(C)cc1)c1ccc2c(c1)OCCO2. The first-order chi connectivity index (χ1) is 17.1. The number of nitrogens with zero attached hydrogens (tertiary/aromatic N) is 2. The number of hydrogen-bond acceptors (Lipinski definition) is 6. The maximum absolute atomic E-state index is 13.5. The molecule has 188 valence electrons. The lowest BCUT2D eigenvalue weighted by molar-refractivity contribution is -0.119. The van der Waals surface area contributed by atoms with Crippen molar-refractivity contribution in [3.63, 3.8) is 0 Å². The number of fused-ring (bicyclic) bond motifs is 1. The number of ether oxygens (including phenoxy) is 2. The van der Waals surface area contributed by atoms with E-state index in [1.807, 2.05) is 6.92 Å². The minimum absolute atomic E-state index is 0.0213. The Labute approximate surface area is 219 Å². The molecule has 1 aliphatic heterocycles. The Bertz CT molecular complexity index is 1410. The second-order valence-corrected chi connectivity index (χ2v) is 10.8. The summed E-state index contributed by atoms with van der Waals surface area (Å²) < 4.78 is 39.0. The Balaban J connectivity index is 1.58. The number of hydrazone groups is 1. The molecule has 36 heavy (non-hydrogen) atoms. The zero-order valence-corrected chi connectivity index (χ0v) is 21.8. The Morgan fingerprint density at radius 2 is 1.61 bits per heavy atom. The van der Waals surface area contributed by atoms with Crippen LogP contribution in [0.5, 0.6) is 11.5 Å². The van der Waals surface area contributed by atoms with Gasteiger partial charge in [-0.05, 0) is 62.4 Å². The molecule has 0 aliphatic carbocycles. The number of anilines is 1. The number of benzene rings is 3. The van der Waals surface area contributed by atoms with Crippen molar-refractivity contribution < 1.29 is 22.7 Å². The normalized spacial score (nSPS) is 13.3. The van der Waals surface area contributed by atoms with E-state index in [0.29, 0.717) is 36.0 Å². The highest BCUT2D eigenvalue weighted by atomic mass is 35.5. The Kier molecular flexibility index (Phi) is 7.73. The van der Waals surface area contributed by atoms with E-state index in [-0.39, 0.29) is 20.6 Å². The van der Waals surface area contributed by atoms with Crippen molar-refractivity contribution in [3.8, 4) is 11.5 Å². The van der Waals surface area contributed by atoms with Crippen LogP contribution in [0.25, 0.3) is 0 Å². The summed E-state index contributed by atoms with van der Waals surface area (Å²) >= 11 is 12.2. The van der Waals surface area contributed by atoms with Crippen molar-refractivity contribution in [3.05, 3.63) is 81.8 Å². The van der Waals surface area contributed by atoms with Gasteiger partial charge in [0.05, 0.1) is 16.3 Å². The summed E-state index contributed by atoms with van der Waals surface area (Å²) in [4.78, 5) is 12.9. The first-order valence-corrected chi connectivity index (χ1v) is 13.1. The summed E-state index contributed by atoms with van der Waals surface area (Å²) in [5.74, 6) is 0.575. The molecule has 1 N–H and O–H groups in total. The molecule has 0 unspecified atom stereocenters. The van der Waals surface area contributed by atoms with Crippen molar-refractivity contribution in [1.82, 2.24) is 5.43 Å². The number of carbonyl (C=O) groups is 1. The van der Waals surface area contributed by atoms with E-state index in [1.165, 1.54) is 30.3 Å². The van der Waals surface area contributed by atoms with Gasteiger partial charge >= 0.3 is 0 Å². The van der Waals surface area contributed by atoms with E-state index < -0.39 is 22.5 Å². The fraction of sp³-hybridized carbons (Fsp3) is 0.200. The summed E-state index contributed by atoms with van der Waals surface area (Å²) in [6.45, 7) is 3.94. The lowest BCUT2D eigenvalue weighted by atomic mass is 10.1. The van der Waals surface area contributed by atoms with Crippen LogP contribution in [0.15, 0.2) is 70.7 Å². The molecule has 0 saturated heterocycles. The summed E-state index contributed by atoms with van der Waals surface area (Å²) in [6, 6.07) is 16.0. The number of rotatable bonds is 7. The predicted octanol–water partition coefficient (Wildman–Crippen LogP) is 4.81. The quantitative estimate of drug-likeness (QED) is 0.338. The number of sulfonamides is 1. The molecule has 0 atom stereocenters. The van der Waals surface area contributed by atoms with Crippen molar-refractivity contribution in [2.75, 3.05) is 24.1 Å². The number of carbonyl (C=O) groups excluding carboxylic acids is 1. The van der Waals surface area contributed by atoms with Gasteiger partial charge in [0, 0.05) is 15.6 Å².